The lowest BCUT2D eigenvalue weighted by atomic mass is 10.0. The minimum absolute atomic E-state index is 0.130. The summed E-state index contributed by atoms with van der Waals surface area (Å²) >= 11 is 0. The number of nitrogens with zero attached hydrogens (tertiary/aromatic N) is 2. The van der Waals surface area contributed by atoms with Gasteiger partial charge in [-0.3, -0.25) is 9.48 Å². The van der Waals surface area contributed by atoms with Gasteiger partial charge in [-0.15, -0.1) is 0 Å². The second kappa shape index (κ2) is 7.07. The van der Waals surface area contributed by atoms with E-state index in [0.717, 1.165) is 18.7 Å². The Morgan fingerprint density at radius 3 is 2.75 bits per heavy atom. The van der Waals surface area contributed by atoms with Crippen LogP contribution in [0, 0.1) is 0 Å². The molecule has 3 rings (SSSR count). The van der Waals surface area contributed by atoms with Gasteiger partial charge in [-0.05, 0) is 43.5 Å². The number of aromatic nitrogens is 2. The lowest BCUT2D eigenvalue weighted by Gasteiger charge is -2.11. The van der Waals surface area contributed by atoms with E-state index in [-0.39, 0.29) is 11.7 Å². The molecule has 1 fully saturated rings. The number of hydrogen-bond acceptors (Lipinski definition) is 3. The fraction of sp³-hybridized carbons (Fsp3) is 0.474. The Bertz CT molecular complexity index is 730. The molecule has 1 aliphatic carbocycles. The van der Waals surface area contributed by atoms with Crippen molar-refractivity contribution in [3.05, 3.63) is 30.0 Å². The predicted octanol–water partition coefficient (Wildman–Crippen LogP) is 4.28. The number of carbonyl (C=O) groups is 1. The monoisotopic (exact) mass is 327 g/mol. The van der Waals surface area contributed by atoms with Crippen LogP contribution in [0.4, 0.5) is 5.69 Å². The summed E-state index contributed by atoms with van der Waals surface area (Å²) in [6.07, 6.45) is 6.01. The maximum Gasteiger partial charge on any atom is 0.221 e. The lowest BCUT2D eigenvalue weighted by molar-refractivity contribution is -0.114. The normalized spacial score (nSPS) is 14.9. The molecule has 5 nitrogen and oxygen atoms in total. The maximum absolute atomic E-state index is 11.3. The summed E-state index contributed by atoms with van der Waals surface area (Å²) in [5.74, 6) is 0.622. The van der Waals surface area contributed by atoms with E-state index >= 15 is 0 Å². The van der Waals surface area contributed by atoms with Crippen LogP contribution < -0.4 is 5.32 Å². The van der Waals surface area contributed by atoms with Crippen LogP contribution in [-0.4, -0.2) is 20.8 Å². The fourth-order valence-corrected chi connectivity index (χ4v) is 3.53. The minimum Gasteiger partial charge on any atom is -0.507 e. The molecule has 1 saturated carbocycles. The molecule has 128 valence electrons. The van der Waals surface area contributed by atoms with Gasteiger partial charge >= 0.3 is 0 Å². The average molecular weight is 327 g/mol. The number of phenolic OH excluding ortho intramolecular Hbond substituents is 1. The maximum atomic E-state index is 11.3. The summed E-state index contributed by atoms with van der Waals surface area (Å²) < 4.78 is 2.09. The number of hydrogen-bond donors (Lipinski definition) is 2. The van der Waals surface area contributed by atoms with Crippen molar-refractivity contribution in [1.29, 1.82) is 0 Å². The van der Waals surface area contributed by atoms with E-state index < -0.39 is 0 Å². The van der Waals surface area contributed by atoms with E-state index in [0.29, 0.717) is 17.2 Å². The molecule has 1 aliphatic rings. The first-order chi connectivity index (χ1) is 11.6. The Kier molecular flexibility index (Phi) is 4.88. The van der Waals surface area contributed by atoms with E-state index in [1.165, 1.54) is 38.3 Å². The minimum atomic E-state index is -0.130. The first kappa shape index (κ1) is 16.6. The molecule has 0 aliphatic heterocycles. The number of aromatic hydroxyl groups is 1. The first-order valence-corrected chi connectivity index (χ1v) is 8.77. The Balaban J connectivity index is 1.99. The zero-order chi connectivity index (χ0) is 17.1. The van der Waals surface area contributed by atoms with Crippen molar-refractivity contribution >= 4 is 11.6 Å². The highest BCUT2D eigenvalue weighted by atomic mass is 16.3. The van der Waals surface area contributed by atoms with E-state index in [2.05, 4.69) is 23.0 Å². The summed E-state index contributed by atoms with van der Waals surface area (Å²) in [6, 6.07) is 7.20. The van der Waals surface area contributed by atoms with Gasteiger partial charge in [0.25, 0.3) is 0 Å². The smallest absolute Gasteiger partial charge is 0.221 e. The molecule has 2 N–H and O–H groups in total. The molecule has 0 bridgehead atoms. The number of benzene rings is 1. The zero-order valence-electron chi connectivity index (χ0n) is 14.4. The van der Waals surface area contributed by atoms with E-state index in [1.807, 2.05) is 0 Å². The second-order valence-electron chi connectivity index (χ2n) is 6.57. The van der Waals surface area contributed by atoms with Crippen molar-refractivity contribution < 1.29 is 9.90 Å². The van der Waals surface area contributed by atoms with Crippen molar-refractivity contribution in [3.8, 4) is 17.0 Å². The van der Waals surface area contributed by atoms with Crippen LogP contribution in [0.1, 0.15) is 57.6 Å². The van der Waals surface area contributed by atoms with Crippen LogP contribution in [0.3, 0.4) is 0 Å². The summed E-state index contributed by atoms with van der Waals surface area (Å²) in [5, 5.41) is 17.8. The van der Waals surface area contributed by atoms with Crippen molar-refractivity contribution in [1.82, 2.24) is 9.78 Å². The highest BCUT2D eigenvalue weighted by molar-refractivity contribution is 5.90. The van der Waals surface area contributed by atoms with Gasteiger partial charge in [-0.25, -0.2) is 0 Å². The number of anilines is 1. The molecule has 2 aromatic rings. The first-order valence-electron chi connectivity index (χ1n) is 8.77. The highest BCUT2D eigenvalue weighted by Gasteiger charge is 2.23. The third kappa shape index (κ3) is 3.45. The molecule has 0 spiro atoms. The number of phenols is 1. The van der Waals surface area contributed by atoms with Crippen LogP contribution in [0.15, 0.2) is 24.3 Å². The Hall–Kier alpha value is -2.30. The van der Waals surface area contributed by atoms with Crippen LogP contribution in [-0.2, 0) is 11.3 Å². The molecule has 0 atom stereocenters. The van der Waals surface area contributed by atoms with Crippen molar-refractivity contribution in [3.63, 3.8) is 0 Å². The van der Waals surface area contributed by atoms with Crippen LogP contribution in [0.5, 0.6) is 5.75 Å². The van der Waals surface area contributed by atoms with Gasteiger partial charge in [0.2, 0.25) is 5.91 Å². The Labute approximate surface area is 142 Å². The molecule has 24 heavy (non-hydrogen) atoms. The van der Waals surface area contributed by atoms with Crippen LogP contribution in [0.2, 0.25) is 0 Å². The number of carbonyl (C=O) groups excluding carboxylic acids is 1. The molecular weight excluding hydrogens is 302 g/mol. The summed E-state index contributed by atoms with van der Waals surface area (Å²) in [5.41, 5.74) is 3.38. The third-order valence-corrected chi connectivity index (χ3v) is 4.61. The molecule has 1 amide bonds. The molecule has 0 saturated heterocycles. The number of amides is 1. The van der Waals surface area contributed by atoms with Crippen LogP contribution in [0.25, 0.3) is 11.3 Å². The largest absolute Gasteiger partial charge is 0.507 e. The van der Waals surface area contributed by atoms with Gasteiger partial charge in [-0.1, -0.05) is 19.8 Å². The van der Waals surface area contributed by atoms with Crippen molar-refractivity contribution in [2.45, 2.75) is 58.4 Å². The van der Waals surface area contributed by atoms with Gasteiger partial charge in [0.1, 0.15) is 5.75 Å². The predicted molar refractivity (Wildman–Crippen MR) is 95.1 cm³/mol. The highest BCUT2D eigenvalue weighted by Crippen LogP contribution is 2.38. The van der Waals surface area contributed by atoms with Crippen molar-refractivity contribution in [2.24, 2.45) is 0 Å². The molecule has 1 aromatic heterocycles. The number of nitrogens with one attached hydrogen (secondary N) is 1. The van der Waals surface area contributed by atoms with Crippen molar-refractivity contribution in [2.75, 3.05) is 5.32 Å². The van der Waals surface area contributed by atoms with E-state index in [9.17, 15) is 9.90 Å². The molecule has 0 unspecified atom stereocenters. The number of aryl methyl sites for hydroxylation is 1. The van der Waals surface area contributed by atoms with Gasteiger partial charge in [-0.2, -0.15) is 5.10 Å². The molecular formula is C19H25N3O2. The molecule has 1 heterocycles. The Morgan fingerprint density at radius 1 is 1.33 bits per heavy atom. The quantitative estimate of drug-likeness (QED) is 0.805. The summed E-state index contributed by atoms with van der Waals surface area (Å²) in [7, 11) is 0. The van der Waals surface area contributed by atoms with Gasteiger partial charge in [0.05, 0.1) is 5.69 Å². The van der Waals surface area contributed by atoms with E-state index in [1.54, 1.807) is 18.2 Å². The van der Waals surface area contributed by atoms with Gasteiger partial charge in [0.15, 0.2) is 0 Å². The fourth-order valence-electron chi connectivity index (χ4n) is 3.53. The van der Waals surface area contributed by atoms with Gasteiger partial charge < -0.3 is 10.4 Å². The van der Waals surface area contributed by atoms with Gasteiger partial charge in [0, 0.05) is 36.3 Å². The molecule has 5 heteroatoms. The number of rotatable bonds is 5. The zero-order valence-corrected chi connectivity index (χ0v) is 14.4. The van der Waals surface area contributed by atoms with Crippen LogP contribution >= 0.6 is 0 Å². The Morgan fingerprint density at radius 2 is 2.08 bits per heavy atom. The summed E-state index contributed by atoms with van der Waals surface area (Å²) in [4.78, 5) is 11.3. The standard InChI is InChI=1S/C19H25N3O2/c1-3-10-22-18(14-6-4-5-7-14)12-17(21-22)16-11-15(20-13(2)23)8-9-19(16)24/h8-9,11-12,14,24H,3-7,10H2,1-2H3,(H,20,23). The molecule has 1 aromatic carbocycles. The summed E-state index contributed by atoms with van der Waals surface area (Å²) in [6.45, 7) is 4.51. The molecule has 0 radical (unpaired) electrons. The SMILES string of the molecule is CCCn1nc(-c2cc(NC(C)=O)ccc2O)cc1C1CCCC1. The topological polar surface area (TPSA) is 67.2 Å². The second-order valence-corrected chi connectivity index (χ2v) is 6.57. The lowest BCUT2D eigenvalue weighted by Crippen LogP contribution is -2.07. The average Bonchev–Trinajstić information content (AvgIpc) is 3.18. The third-order valence-electron chi connectivity index (χ3n) is 4.61. The van der Waals surface area contributed by atoms with E-state index in [4.69, 9.17) is 5.10 Å².